The van der Waals surface area contributed by atoms with Gasteiger partial charge in [-0.15, -0.1) is 0 Å². The van der Waals surface area contributed by atoms with Crippen LogP contribution in [0.5, 0.6) is 5.75 Å². The molecule has 2 rings (SSSR count). The van der Waals surface area contributed by atoms with Crippen molar-refractivity contribution in [3.63, 3.8) is 0 Å². The van der Waals surface area contributed by atoms with Crippen LogP contribution in [-0.4, -0.2) is 40.1 Å². The number of hydrogen-bond acceptors (Lipinski definition) is 5. The molecule has 5 nitrogen and oxygen atoms in total. The lowest BCUT2D eigenvalue weighted by molar-refractivity contribution is 0.407. The van der Waals surface area contributed by atoms with E-state index in [1.165, 1.54) is 0 Å². The minimum atomic E-state index is -2.88. The molecule has 1 aromatic rings. The largest absolute Gasteiger partial charge is 0.496 e. The minimum Gasteiger partial charge on any atom is -0.496 e. The lowest BCUT2D eigenvalue weighted by Crippen LogP contribution is -2.41. The Kier molecular flexibility index (Phi) is 4.01. The number of anilines is 1. The molecule has 0 aliphatic carbocycles. The maximum atomic E-state index is 11.5. The first-order chi connectivity index (χ1) is 8.94. The molecule has 19 heavy (non-hydrogen) atoms. The van der Waals surface area contributed by atoms with Gasteiger partial charge in [-0.2, -0.15) is 0 Å². The quantitative estimate of drug-likeness (QED) is 0.894. The summed E-state index contributed by atoms with van der Waals surface area (Å²) in [6, 6.07) is 5.59. The van der Waals surface area contributed by atoms with Crippen LogP contribution in [0.2, 0.25) is 0 Å². The molecule has 0 saturated carbocycles. The van der Waals surface area contributed by atoms with Gasteiger partial charge in [-0.25, -0.2) is 8.42 Å². The Morgan fingerprint density at radius 1 is 1.32 bits per heavy atom. The third-order valence-electron chi connectivity index (χ3n) is 3.40. The number of nitrogens with zero attached hydrogens (tertiary/aromatic N) is 1. The standard InChI is InChI=1S/C13H20N2O3S/c1-10(14)13-11(4-3-5-12(13)18-2)15-6-8-19(16,17)9-7-15/h3-5,10H,6-9,14H2,1-2H3. The first kappa shape index (κ1) is 14.1. The molecule has 0 radical (unpaired) electrons. The van der Waals surface area contributed by atoms with Crippen molar-refractivity contribution in [2.24, 2.45) is 5.73 Å². The average Bonchev–Trinajstić information content (AvgIpc) is 2.37. The fraction of sp³-hybridized carbons (Fsp3) is 0.538. The summed E-state index contributed by atoms with van der Waals surface area (Å²) in [6.45, 7) is 2.92. The van der Waals surface area contributed by atoms with Gasteiger partial charge in [0, 0.05) is 30.4 Å². The van der Waals surface area contributed by atoms with Crippen LogP contribution in [0.15, 0.2) is 18.2 Å². The van der Waals surface area contributed by atoms with Crippen LogP contribution in [0.3, 0.4) is 0 Å². The normalized spacial score (nSPS) is 20.1. The molecular formula is C13H20N2O3S. The van der Waals surface area contributed by atoms with E-state index in [1.807, 2.05) is 25.1 Å². The molecular weight excluding hydrogens is 264 g/mol. The van der Waals surface area contributed by atoms with Gasteiger partial charge in [0.15, 0.2) is 9.84 Å². The van der Waals surface area contributed by atoms with E-state index in [2.05, 4.69) is 4.90 Å². The van der Waals surface area contributed by atoms with Gasteiger partial charge in [0.25, 0.3) is 0 Å². The van der Waals surface area contributed by atoms with E-state index in [-0.39, 0.29) is 17.5 Å². The Morgan fingerprint density at radius 3 is 2.47 bits per heavy atom. The van der Waals surface area contributed by atoms with Crippen molar-refractivity contribution >= 4 is 15.5 Å². The van der Waals surface area contributed by atoms with Crippen LogP contribution in [0.1, 0.15) is 18.5 Å². The number of methoxy groups -OCH3 is 1. The van der Waals surface area contributed by atoms with Crippen LogP contribution in [-0.2, 0) is 9.84 Å². The van der Waals surface area contributed by atoms with Crippen LogP contribution >= 0.6 is 0 Å². The molecule has 1 unspecified atom stereocenters. The third-order valence-corrected chi connectivity index (χ3v) is 5.01. The molecule has 1 heterocycles. The summed E-state index contributed by atoms with van der Waals surface area (Å²) in [5.74, 6) is 1.14. The maximum Gasteiger partial charge on any atom is 0.153 e. The van der Waals surface area contributed by atoms with Crippen molar-refractivity contribution < 1.29 is 13.2 Å². The van der Waals surface area contributed by atoms with Gasteiger partial charge in [0.05, 0.1) is 18.6 Å². The predicted molar refractivity (Wildman–Crippen MR) is 76.5 cm³/mol. The molecule has 1 aliphatic heterocycles. The Bertz CT molecular complexity index is 541. The van der Waals surface area contributed by atoms with Gasteiger partial charge in [-0.1, -0.05) is 6.07 Å². The van der Waals surface area contributed by atoms with E-state index in [0.717, 1.165) is 17.0 Å². The summed E-state index contributed by atoms with van der Waals surface area (Å²) in [7, 11) is -1.26. The van der Waals surface area contributed by atoms with Crippen LogP contribution in [0.4, 0.5) is 5.69 Å². The first-order valence-corrected chi connectivity index (χ1v) is 8.14. The Labute approximate surface area is 114 Å². The molecule has 6 heteroatoms. The summed E-state index contributed by atoms with van der Waals surface area (Å²) in [4.78, 5) is 2.07. The van der Waals surface area contributed by atoms with Gasteiger partial charge in [0.2, 0.25) is 0 Å². The number of nitrogens with two attached hydrogens (primary N) is 1. The molecule has 1 atom stereocenters. The van der Waals surface area contributed by atoms with Crippen molar-refractivity contribution in [3.05, 3.63) is 23.8 Å². The van der Waals surface area contributed by atoms with E-state index in [9.17, 15) is 8.42 Å². The highest BCUT2D eigenvalue weighted by Crippen LogP contribution is 2.34. The monoisotopic (exact) mass is 284 g/mol. The summed E-state index contributed by atoms with van der Waals surface area (Å²) in [6.07, 6.45) is 0. The zero-order chi connectivity index (χ0) is 14.0. The lowest BCUT2D eigenvalue weighted by atomic mass is 10.0. The Morgan fingerprint density at radius 2 is 1.95 bits per heavy atom. The Balaban J connectivity index is 2.35. The van der Waals surface area contributed by atoms with Crippen LogP contribution < -0.4 is 15.4 Å². The highest BCUT2D eigenvalue weighted by Gasteiger charge is 2.25. The van der Waals surface area contributed by atoms with Gasteiger partial charge >= 0.3 is 0 Å². The topological polar surface area (TPSA) is 72.6 Å². The molecule has 1 fully saturated rings. The SMILES string of the molecule is COc1cccc(N2CCS(=O)(=O)CC2)c1C(C)N. The third kappa shape index (κ3) is 3.01. The number of ether oxygens (including phenoxy) is 1. The highest BCUT2D eigenvalue weighted by atomic mass is 32.2. The lowest BCUT2D eigenvalue weighted by Gasteiger charge is -2.32. The number of benzene rings is 1. The summed E-state index contributed by atoms with van der Waals surface area (Å²) >= 11 is 0. The van der Waals surface area contributed by atoms with Crippen molar-refractivity contribution in [2.75, 3.05) is 36.6 Å². The summed E-state index contributed by atoms with van der Waals surface area (Å²) in [5, 5.41) is 0. The van der Waals surface area contributed by atoms with Crippen molar-refractivity contribution in [1.29, 1.82) is 0 Å². The van der Waals surface area contributed by atoms with E-state index in [4.69, 9.17) is 10.5 Å². The van der Waals surface area contributed by atoms with E-state index in [0.29, 0.717) is 13.1 Å². The second kappa shape index (κ2) is 5.38. The van der Waals surface area contributed by atoms with Crippen molar-refractivity contribution in [3.8, 4) is 5.75 Å². The number of sulfone groups is 1. The molecule has 1 saturated heterocycles. The fourth-order valence-corrected chi connectivity index (χ4v) is 3.60. The van der Waals surface area contributed by atoms with Gasteiger partial charge < -0.3 is 15.4 Å². The van der Waals surface area contributed by atoms with Gasteiger partial charge in [-0.3, -0.25) is 0 Å². The average molecular weight is 284 g/mol. The van der Waals surface area contributed by atoms with E-state index < -0.39 is 9.84 Å². The second-order valence-electron chi connectivity index (χ2n) is 4.82. The fourth-order valence-electron chi connectivity index (χ4n) is 2.40. The number of rotatable bonds is 3. The van der Waals surface area contributed by atoms with Gasteiger partial charge in [0.1, 0.15) is 5.75 Å². The smallest absolute Gasteiger partial charge is 0.153 e. The Hall–Kier alpha value is -1.27. The summed E-state index contributed by atoms with van der Waals surface area (Å²) < 4.78 is 28.3. The molecule has 2 N–H and O–H groups in total. The molecule has 0 spiro atoms. The van der Waals surface area contributed by atoms with Crippen molar-refractivity contribution in [2.45, 2.75) is 13.0 Å². The van der Waals surface area contributed by atoms with Gasteiger partial charge in [-0.05, 0) is 19.1 Å². The first-order valence-electron chi connectivity index (χ1n) is 6.32. The molecule has 0 aromatic heterocycles. The minimum absolute atomic E-state index is 0.162. The number of hydrogen-bond donors (Lipinski definition) is 1. The predicted octanol–water partition coefficient (Wildman–Crippen LogP) is 0.950. The molecule has 1 aliphatic rings. The molecule has 1 aromatic carbocycles. The molecule has 0 bridgehead atoms. The summed E-state index contributed by atoms with van der Waals surface area (Å²) in [5.41, 5.74) is 7.94. The van der Waals surface area contributed by atoms with E-state index >= 15 is 0 Å². The zero-order valence-electron chi connectivity index (χ0n) is 11.3. The molecule has 0 amide bonds. The van der Waals surface area contributed by atoms with Crippen molar-refractivity contribution in [1.82, 2.24) is 0 Å². The maximum absolute atomic E-state index is 11.5. The highest BCUT2D eigenvalue weighted by molar-refractivity contribution is 7.91. The van der Waals surface area contributed by atoms with Crippen LogP contribution in [0, 0.1) is 0 Å². The zero-order valence-corrected chi connectivity index (χ0v) is 12.1. The van der Waals surface area contributed by atoms with E-state index in [1.54, 1.807) is 7.11 Å². The van der Waals surface area contributed by atoms with Crippen LogP contribution in [0.25, 0.3) is 0 Å². The second-order valence-corrected chi connectivity index (χ2v) is 7.12. The molecule has 106 valence electrons.